The average Bonchev–Trinajstić information content (AvgIpc) is 2.39. The number of fused-ring (bicyclic) bond motifs is 1. The Bertz CT molecular complexity index is 625. The van der Waals surface area contributed by atoms with Crippen LogP contribution in [-0.4, -0.2) is 20.8 Å². The van der Waals surface area contributed by atoms with Gasteiger partial charge in [-0.05, 0) is 24.1 Å². The Kier molecular flexibility index (Phi) is 4.52. The van der Waals surface area contributed by atoms with Crippen LogP contribution in [0, 0.1) is 0 Å². The number of rotatable bonds is 4. The second kappa shape index (κ2) is 6.33. The summed E-state index contributed by atoms with van der Waals surface area (Å²) in [5, 5.41) is 1.02. The van der Waals surface area contributed by atoms with Crippen molar-refractivity contribution < 1.29 is 4.79 Å². The van der Waals surface area contributed by atoms with E-state index in [1.807, 2.05) is 24.3 Å². The van der Waals surface area contributed by atoms with Crippen molar-refractivity contribution in [3.8, 4) is 0 Å². The molecule has 0 unspecified atom stereocenters. The molecule has 19 heavy (non-hydrogen) atoms. The van der Waals surface area contributed by atoms with Crippen molar-refractivity contribution in [3.05, 3.63) is 36.2 Å². The van der Waals surface area contributed by atoms with Crippen LogP contribution < -0.4 is 5.73 Å². The van der Waals surface area contributed by atoms with E-state index >= 15 is 0 Å². The van der Waals surface area contributed by atoms with Crippen molar-refractivity contribution in [3.63, 3.8) is 0 Å². The van der Waals surface area contributed by atoms with E-state index in [-0.39, 0.29) is 5.12 Å². The van der Waals surface area contributed by atoms with Crippen molar-refractivity contribution >= 4 is 39.7 Å². The lowest BCUT2D eigenvalue weighted by Gasteiger charge is -2.01. The van der Waals surface area contributed by atoms with Crippen molar-refractivity contribution in [1.82, 2.24) is 9.97 Å². The van der Waals surface area contributed by atoms with Crippen molar-refractivity contribution in [2.24, 2.45) is 0 Å². The van der Waals surface area contributed by atoms with E-state index in [0.717, 1.165) is 28.6 Å². The van der Waals surface area contributed by atoms with E-state index in [0.29, 0.717) is 5.82 Å². The number of thioether (sulfide) groups is 1. The van der Waals surface area contributed by atoms with Crippen LogP contribution in [0.4, 0.5) is 5.82 Å². The summed E-state index contributed by atoms with van der Waals surface area (Å²) in [6.07, 6.45) is 6.40. The monoisotopic (exact) mass is 273 g/mol. The van der Waals surface area contributed by atoms with Gasteiger partial charge in [-0.1, -0.05) is 30.0 Å². The summed E-state index contributed by atoms with van der Waals surface area (Å²) >= 11 is 1.34. The number of hydrogen-bond donors (Lipinski definition) is 1. The summed E-state index contributed by atoms with van der Waals surface area (Å²) in [7, 11) is 0. The molecule has 4 nitrogen and oxygen atoms in total. The number of nitrogens with zero attached hydrogens (tertiary/aromatic N) is 2. The third-order valence-electron chi connectivity index (χ3n) is 2.59. The molecule has 5 heteroatoms. The zero-order valence-corrected chi connectivity index (χ0v) is 11.5. The van der Waals surface area contributed by atoms with Crippen LogP contribution >= 0.6 is 11.8 Å². The smallest absolute Gasteiger partial charge is 0.185 e. The fourth-order valence-electron chi connectivity index (χ4n) is 1.69. The molecule has 0 aliphatic carbocycles. The fourth-order valence-corrected chi connectivity index (χ4v) is 2.23. The number of anilines is 1. The van der Waals surface area contributed by atoms with Gasteiger partial charge in [0.05, 0.1) is 5.52 Å². The highest BCUT2D eigenvalue weighted by Crippen LogP contribution is 2.19. The highest BCUT2D eigenvalue weighted by molar-refractivity contribution is 8.13. The number of hydrogen-bond acceptors (Lipinski definition) is 5. The lowest BCUT2D eigenvalue weighted by atomic mass is 10.1. The van der Waals surface area contributed by atoms with Gasteiger partial charge in [0.1, 0.15) is 12.1 Å². The molecule has 0 aliphatic heterocycles. The number of aromatic nitrogens is 2. The molecule has 0 saturated heterocycles. The Morgan fingerprint density at radius 2 is 2.26 bits per heavy atom. The first-order valence-electron chi connectivity index (χ1n) is 5.97. The largest absolute Gasteiger partial charge is 0.383 e. The molecule has 0 spiro atoms. The van der Waals surface area contributed by atoms with Crippen molar-refractivity contribution in [2.45, 2.75) is 13.3 Å². The molecule has 0 bridgehead atoms. The molecular formula is C14H15N3OS. The number of carbonyl (C=O) groups excluding carboxylic acids is 1. The summed E-state index contributed by atoms with van der Waals surface area (Å²) in [6, 6.07) is 5.89. The second-order valence-electron chi connectivity index (χ2n) is 4.07. The van der Waals surface area contributed by atoms with Crippen molar-refractivity contribution in [1.29, 1.82) is 0 Å². The minimum Gasteiger partial charge on any atom is -0.383 e. The lowest BCUT2D eigenvalue weighted by molar-refractivity contribution is -0.109. The first kappa shape index (κ1) is 13.5. The quantitative estimate of drug-likeness (QED) is 0.867. The van der Waals surface area contributed by atoms with Gasteiger partial charge in [0, 0.05) is 18.1 Å². The van der Waals surface area contributed by atoms with E-state index in [1.165, 1.54) is 18.1 Å². The van der Waals surface area contributed by atoms with Gasteiger partial charge in [0.25, 0.3) is 0 Å². The Morgan fingerprint density at radius 1 is 1.42 bits per heavy atom. The highest BCUT2D eigenvalue weighted by atomic mass is 32.2. The number of allylic oxidation sites excluding steroid dienone is 1. The standard InChI is InChI=1S/C14H15N3OS/c1-10(18)19-7-3-2-4-11-5-6-13-12(8-11)14(15)17-9-16-13/h2,4-6,8-9H,3,7H2,1H3,(H2,15,16,17). The minimum atomic E-state index is 0.157. The topological polar surface area (TPSA) is 68.9 Å². The van der Waals surface area contributed by atoms with Gasteiger partial charge < -0.3 is 5.73 Å². The zero-order valence-electron chi connectivity index (χ0n) is 10.7. The van der Waals surface area contributed by atoms with Crippen LogP contribution in [0.15, 0.2) is 30.6 Å². The molecule has 2 rings (SSSR count). The predicted molar refractivity (Wildman–Crippen MR) is 80.7 cm³/mol. The van der Waals surface area contributed by atoms with Crippen LogP contribution in [0.1, 0.15) is 18.9 Å². The molecule has 0 amide bonds. The third-order valence-corrected chi connectivity index (χ3v) is 3.44. The molecule has 2 N–H and O–H groups in total. The maximum Gasteiger partial charge on any atom is 0.185 e. The first-order valence-corrected chi connectivity index (χ1v) is 6.95. The van der Waals surface area contributed by atoms with Crippen LogP contribution in [0.25, 0.3) is 17.0 Å². The highest BCUT2D eigenvalue weighted by Gasteiger charge is 2.00. The Morgan fingerprint density at radius 3 is 3.05 bits per heavy atom. The molecule has 1 heterocycles. The Labute approximate surface area is 116 Å². The van der Waals surface area contributed by atoms with E-state index in [4.69, 9.17) is 5.73 Å². The molecule has 1 aromatic carbocycles. The van der Waals surface area contributed by atoms with E-state index in [2.05, 4.69) is 16.0 Å². The zero-order chi connectivity index (χ0) is 13.7. The van der Waals surface area contributed by atoms with E-state index < -0.39 is 0 Å². The van der Waals surface area contributed by atoms with Crippen LogP contribution in [0.5, 0.6) is 0 Å². The lowest BCUT2D eigenvalue weighted by Crippen LogP contribution is -1.93. The summed E-state index contributed by atoms with van der Waals surface area (Å²) in [5.74, 6) is 1.30. The predicted octanol–water partition coefficient (Wildman–Crippen LogP) is 2.90. The van der Waals surface area contributed by atoms with Gasteiger partial charge in [-0.2, -0.15) is 0 Å². The molecule has 0 radical (unpaired) electrons. The summed E-state index contributed by atoms with van der Waals surface area (Å²) in [6.45, 7) is 1.58. The van der Waals surface area contributed by atoms with Crippen LogP contribution in [-0.2, 0) is 4.79 Å². The molecule has 2 aromatic rings. The molecule has 0 fully saturated rings. The van der Waals surface area contributed by atoms with Gasteiger partial charge in [0.15, 0.2) is 5.12 Å². The maximum atomic E-state index is 10.8. The van der Waals surface area contributed by atoms with Crippen LogP contribution in [0.2, 0.25) is 0 Å². The van der Waals surface area contributed by atoms with Gasteiger partial charge in [-0.25, -0.2) is 9.97 Å². The molecule has 1 aromatic heterocycles. The summed E-state index contributed by atoms with van der Waals surface area (Å²) in [4.78, 5) is 18.9. The molecule has 98 valence electrons. The summed E-state index contributed by atoms with van der Waals surface area (Å²) in [5.41, 5.74) is 7.72. The molecule has 0 aliphatic rings. The van der Waals surface area contributed by atoms with E-state index in [1.54, 1.807) is 6.92 Å². The Balaban J connectivity index is 2.07. The fraction of sp³-hybridized carbons (Fsp3) is 0.214. The van der Waals surface area contributed by atoms with Gasteiger partial charge in [0.2, 0.25) is 0 Å². The van der Waals surface area contributed by atoms with Gasteiger partial charge in [-0.15, -0.1) is 0 Å². The van der Waals surface area contributed by atoms with E-state index in [9.17, 15) is 4.79 Å². The van der Waals surface area contributed by atoms with Crippen LogP contribution in [0.3, 0.4) is 0 Å². The number of carbonyl (C=O) groups is 1. The second-order valence-corrected chi connectivity index (χ2v) is 5.34. The third kappa shape index (κ3) is 3.79. The number of nitrogen functional groups attached to an aromatic ring is 1. The normalized spacial score (nSPS) is 11.2. The van der Waals surface area contributed by atoms with Gasteiger partial charge >= 0.3 is 0 Å². The molecule has 0 saturated carbocycles. The Hall–Kier alpha value is -1.88. The number of nitrogens with two attached hydrogens (primary N) is 1. The SMILES string of the molecule is CC(=O)SCCC=Cc1ccc2ncnc(N)c2c1. The average molecular weight is 273 g/mol. The maximum absolute atomic E-state index is 10.8. The molecule has 0 atom stereocenters. The van der Waals surface area contributed by atoms with Crippen molar-refractivity contribution in [2.75, 3.05) is 11.5 Å². The van der Waals surface area contributed by atoms with Gasteiger partial charge in [-0.3, -0.25) is 4.79 Å². The summed E-state index contributed by atoms with van der Waals surface area (Å²) < 4.78 is 0. The minimum absolute atomic E-state index is 0.157. The molecular weight excluding hydrogens is 258 g/mol. The first-order chi connectivity index (χ1) is 9.16. The number of benzene rings is 1.